The van der Waals surface area contributed by atoms with Crippen LogP contribution in [0.15, 0.2) is 76.5 Å². The number of aromatic nitrogens is 2. The first-order valence-electron chi connectivity index (χ1n) is 15.4. The minimum absolute atomic E-state index is 0.0436. The number of hydrogen-bond donors (Lipinski definition) is 1. The second-order valence-corrected chi connectivity index (χ2v) is 12.8. The van der Waals surface area contributed by atoms with Gasteiger partial charge in [0.2, 0.25) is 11.8 Å². The number of carbonyl (C=O) groups is 3. The summed E-state index contributed by atoms with van der Waals surface area (Å²) in [4.78, 5) is 51.7. The molecule has 3 aliphatic rings. The number of alkyl halides is 3. The van der Waals surface area contributed by atoms with Crippen molar-refractivity contribution in [3.8, 4) is 0 Å². The Kier molecular flexibility index (Phi) is 9.82. The summed E-state index contributed by atoms with van der Waals surface area (Å²) in [6, 6.07) is 18.3. The van der Waals surface area contributed by atoms with Crippen LogP contribution in [0.3, 0.4) is 0 Å². The van der Waals surface area contributed by atoms with E-state index in [2.05, 4.69) is 15.5 Å². The van der Waals surface area contributed by atoms with Crippen molar-refractivity contribution >= 4 is 35.2 Å². The molecule has 248 valence electrons. The maximum absolute atomic E-state index is 14.1. The first-order valence-corrected chi connectivity index (χ1v) is 16.3. The molecule has 11 nitrogen and oxygen atoms in total. The van der Waals surface area contributed by atoms with Crippen LogP contribution >= 0.6 is 11.8 Å². The third kappa shape index (κ3) is 7.62. The molecule has 1 aromatic heterocycles. The van der Waals surface area contributed by atoms with Crippen molar-refractivity contribution in [2.24, 2.45) is 0 Å². The lowest BCUT2D eigenvalue weighted by Gasteiger charge is -2.48. The van der Waals surface area contributed by atoms with Crippen molar-refractivity contribution in [3.63, 3.8) is 0 Å². The summed E-state index contributed by atoms with van der Waals surface area (Å²) in [5.74, 6) is -2.13. The molecule has 2 aromatic carbocycles. The number of nitrogens with one attached hydrogen (secondary N) is 1. The minimum Gasteiger partial charge on any atom is -0.338 e. The van der Waals surface area contributed by atoms with Crippen LogP contribution in [-0.4, -0.2) is 74.4 Å². The van der Waals surface area contributed by atoms with Gasteiger partial charge in [-0.2, -0.15) is 23.2 Å². The lowest BCUT2D eigenvalue weighted by molar-refractivity contribution is -0.235. The van der Waals surface area contributed by atoms with E-state index in [0.29, 0.717) is 23.8 Å². The second kappa shape index (κ2) is 14.2. The van der Waals surface area contributed by atoms with Crippen molar-refractivity contribution in [1.29, 1.82) is 0 Å². The Morgan fingerprint density at radius 1 is 1.06 bits per heavy atom. The molecule has 0 radical (unpaired) electrons. The van der Waals surface area contributed by atoms with Gasteiger partial charge in [0.15, 0.2) is 11.3 Å². The average Bonchev–Trinajstić information content (AvgIpc) is 3.49. The molecule has 1 N–H and O–H groups in total. The number of anilines is 1. The molecule has 47 heavy (non-hydrogen) atoms. The van der Waals surface area contributed by atoms with Crippen molar-refractivity contribution in [3.05, 3.63) is 89.2 Å². The number of halogens is 3. The Morgan fingerprint density at radius 3 is 2.47 bits per heavy atom. The lowest BCUT2D eigenvalue weighted by Crippen LogP contribution is -2.59. The van der Waals surface area contributed by atoms with Crippen LogP contribution in [0.1, 0.15) is 49.4 Å². The van der Waals surface area contributed by atoms with Crippen LogP contribution in [0.5, 0.6) is 0 Å². The lowest BCUT2D eigenvalue weighted by atomic mass is 10.00. The average molecular weight is 671 g/mol. The number of benzene rings is 2. The molecule has 1 atom stereocenters. The van der Waals surface area contributed by atoms with Gasteiger partial charge in [-0.1, -0.05) is 60.1 Å². The Morgan fingerprint density at radius 2 is 1.79 bits per heavy atom. The van der Waals surface area contributed by atoms with E-state index in [0.717, 1.165) is 29.9 Å². The third-order valence-corrected chi connectivity index (χ3v) is 9.66. The summed E-state index contributed by atoms with van der Waals surface area (Å²) in [6.07, 6.45) is -1.93. The van der Waals surface area contributed by atoms with Gasteiger partial charge < -0.3 is 19.6 Å². The summed E-state index contributed by atoms with van der Waals surface area (Å²) in [5, 5.41) is 8.15. The standard InChI is InChI=1S/C32H33F3N6O5S/c33-32(34,35)30(44)46-41-25-15-17-39(28(42)14-16-36-19-27-37-26(38-45-27)18-21-8-3-1-4-9-21)20-24(25)29(43)40(22-10-5-2-6-11-22)31(41)47-23-12-7-13-23/h1-6,8-11,23,31,36H,7,12-20H2. The summed E-state index contributed by atoms with van der Waals surface area (Å²) in [6.45, 7) is 0.555. The molecular weight excluding hydrogens is 637 g/mol. The molecule has 0 spiro atoms. The van der Waals surface area contributed by atoms with Gasteiger partial charge in [-0.3, -0.25) is 14.5 Å². The molecule has 1 fully saturated rings. The molecule has 0 saturated heterocycles. The second-order valence-electron chi connectivity index (χ2n) is 11.4. The molecule has 0 bridgehead atoms. The molecule has 3 heterocycles. The topological polar surface area (TPSA) is 121 Å². The predicted molar refractivity (Wildman–Crippen MR) is 165 cm³/mol. The Bertz CT molecular complexity index is 1620. The van der Waals surface area contributed by atoms with E-state index < -0.39 is 23.6 Å². The van der Waals surface area contributed by atoms with Crippen LogP contribution in [0.25, 0.3) is 0 Å². The molecular formula is C32H33F3N6O5S. The van der Waals surface area contributed by atoms with E-state index in [4.69, 9.17) is 9.36 Å². The maximum atomic E-state index is 14.1. The Balaban J connectivity index is 1.13. The quantitative estimate of drug-likeness (QED) is 0.291. The van der Waals surface area contributed by atoms with Gasteiger partial charge in [-0.05, 0) is 30.5 Å². The predicted octanol–water partition coefficient (Wildman–Crippen LogP) is 4.57. The molecule has 2 aliphatic heterocycles. The summed E-state index contributed by atoms with van der Waals surface area (Å²) in [5.41, 5.74) is 0.745. The number of thioether (sulfide) groups is 1. The highest BCUT2D eigenvalue weighted by atomic mass is 32.2. The van der Waals surface area contributed by atoms with E-state index in [-0.39, 0.29) is 61.4 Å². The van der Waals surface area contributed by atoms with Crippen molar-refractivity contribution in [1.82, 2.24) is 25.4 Å². The largest absolute Gasteiger partial charge is 0.493 e. The van der Waals surface area contributed by atoms with Crippen LogP contribution < -0.4 is 10.2 Å². The zero-order valence-corrected chi connectivity index (χ0v) is 26.1. The van der Waals surface area contributed by atoms with Crippen LogP contribution in [-0.2, 0) is 32.2 Å². The van der Waals surface area contributed by atoms with Crippen molar-refractivity contribution in [2.45, 2.75) is 62.0 Å². The number of hydroxylamine groups is 2. The maximum Gasteiger partial charge on any atom is 0.493 e. The van der Waals surface area contributed by atoms with Gasteiger partial charge in [0.05, 0.1) is 24.4 Å². The molecule has 6 rings (SSSR count). The van der Waals surface area contributed by atoms with E-state index >= 15 is 0 Å². The number of carbonyl (C=O) groups excluding carboxylic acids is 3. The third-order valence-electron chi connectivity index (χ3n) is 8.15. The molecule has 3 aromatic rings. The SMILES string of the molecule is O=C(CCNCc1nc(Cc2ccccc2)no1)N1CCC2=C(C1)C(=O)N(c1ccccc1)C(SC1CCC1)N2OC(=O)C(F)(F)F. The fraction of sp³-hybridized carbons (Fsp3) is 0.406. The van der Waals surface area contributed by atoms with E-state index in [1.54, 1.807) is 30.3 Å². The molecule has 2 amide bonds. The Hall–Kier alpha value is -4.37. The summed E-state index contributed by atoms with van der Waals surface area (Å²) < 4.78 is 45.6. The zero-order valence-electron chi connectivity index (χ0n) is 25.3. The van der Waals surface area contributed by atoms with Gasteiger partial charge in [-0.15, -0.1) is 11.8 Å². The van der Waals surface area contributed by atoms with Gasteiger partial charge in [-0.25, -0.2) is 4.79 Å². The molecule has 1 aliphatic carbocycles. The van der Waals surface area contributed by atoms with Crippen molar-refractivity contribution in [2.75, 3.05) is 24.5 Å². The van der Waals surface area contributed by atoms with Gasteiger partial charge >= 0.3 is 12.1 Å². The smallest absolute Gasteiger partial charge is 0.338 e. The highest BCUT2D eigenvalue weighted by Crippen LogP contribution is 2.44. The first kappa shape index (κ1) is 32.6. The van der Waals surface area contributed by atoms with Crippen molar-refractivity contribution < 1.29 is 36.9 Å². The van der Waals surface area contributed by atoms with Crippen LogP contribution in [0, 0.1) is 0 Å². The monoisotopic (exact) mass is 670 g/mol. The number of amides is 2. The zero-order chi connectivity index (χ0) is 33.0. The summed E-state index contributed by atoms with van der Waals surface area (Å²) >= 11 is 1.30. The van der Waals surface area contributed by atoms with Gasteiger partial charge in [0.25, 0.3) is 5.91 Å². The summed E-state index contributed by atoms with van der Waals surface area (Å²) in [7, 11) is 0. The highest BCUT2D eigenvalue weighted by Gasteiger charge is 2.50. The van der Waals surface area contributed by atoms with E-state index in [1.807, 2.05) is 30.3 Å². The molecule has 15 heteroatoms. The number of rotatable bonds is 11. The number of nitrogens with zero attached hydrogens (tertiary/aromatic N) is 5. The highest BCUT2D eigenvalue weighted by molar-refractivity contribution is 8.00. The van der Waals surface area contributed by atoms with Crippen LogP contribution in [0.2, 0.25) is 0 Å². The molecule has 1 saturated carbocycles. The fourth-order valence-electron chi connectivity index (χ4n) is 5.51. The van der Waals surface area contributed by atoms with E-state index in [1.165, 1.54) is 21.6 Å². The normalized spacial score (nSPS) is 18.7. The van der Waals surface area contributed by atoms with E-state index in [9.17, 15) is 27.6 Å². The minimum atomic E-state index is -5.24. The number of hydrogen-bond acceptors (Lipinski definition) is 10. The number of para-hydroxylation sites is 1. The van der Waals surface area contributed by atoms with Crippen LogP contribution in [0.4, 0.5) is 18.9 Å². The fourth-order valence-corrected chi connectivity index (χ4v) is 7.08. The molecule has 1 unspecified atom stereocenters. The Labute approximate surface area is 273 Å². The van der Waals surface area contributed by atoms with Gasteiger partial charge in [0.1, 0.15) is 0 Å². The van der Waals surface area contributed by atoms with Gasteiger partial charge in [0, 0.05) is 43.3 Å². The first-order chi connectivity index (χ1) is 22.7.